The third-order valence-corrected chi connectivity index (χ3v) is 3.24. The van der Waals surface area contributed by atoms with E-state index in [9.17, 15) is 4.79 Å². The van der Waals surface area contributed by atoms with Crippen LogP contribution in [0.25, 0.3) is 0 Å². The van der Waals surface area contributed by atoms with E-state index in [1.165, 1.54) is 0 Å². The molecule has 0 aliphatic carbocycles. The van der Waals surface area contributed by atoms with E-state index < -0.39 is 0 Å². The maximum absolute atomic E-state index is 12.2. The third-order valence-electron chi connectivity index (χ3n) is 3.24. The van der Waals surface area contributed by atoms with Crippen LogP contribution in [-0.2, 0) is 0 Å². The molecular formula is C14H25ClN2O2. The Labute approximate surface area is 121 Å². The molecule has 0 saturated heterocycles. The van der Waals surface area contributed by atoms with Crippen LogP contribution in [0.1, 0.15) is 42.1 Å². The zero-order chi connectivity index (χ0) is 13.9. The molecule has 0 radical (unpaired) electrons. The van der Waals surface area contributed by atoms with Crippen molar-refractivity contribution >= 4 is 18.3 Å². The van der Waals surface area contributed by atoms with Crippen LogP contribution in [0.4, 0.5) is 0 Å². The second-order valence-corrected chi connectivity index (χ2v) is 5.29. The number of halogens is 1. The molecule has 0 saturated carbocycles. The third kappa shape index (κ3) is 4.88. The van der Waals surface area contributed by atoms with Gasteiger partial charge in [0.05, 0.1) is 0 Å². The molecule has 1 aromatic heterocycles. The van der Waals surface area contributed by atoms with E-state index in [0.717, 1.165) is 17.7 Å². The quantitative estimate of drug-likeness (QED) is 0.906. The second kappa shape index (κ2) is 7.56. The summed E-state index contributed by atoms with van der Waals surface area (Å²) in [5.74, 6) is 1.56. The minimum atomic E-state index is -0.0726. The van der Waals surface area contributed by atoms with E-state index in [4.69, 9.17) is 10.2 Å². The molecule has 0 aliphatic heterocycles. The molecule has 4 nitrogen and oxygen atoms in total. The summed E-state index contributed by atoms with van der Waals surface area (Å²) in [5.41, 5.74) is 6.86. The Morgan fingerprint density at radius 2 is 2.00 bits per heavy atom. The van der Waals surface area contributed by atoms with Gasteiger partial charge in [-0.1, -0.05) is 13.8 Å². The molecule has 110 valence electrons. The monoisotopic (exact) mass is 288 g/mol. The van der Waals surface area contributed by atoms with Gasteiger partial charge in [-0.3, -0.25) is 4.79 Å². The molecule has 1 aromatic rings. The Bertz CT molecular complexity index is 416. The molecule has 0 aliphatic rings. The van der Waals surface area contributed by atoms with Gasteiger partial charge < -0.3 is 15.1 Å². The smallest absolute Gasteiger partial charge is 0.289 e. The first-order valence-electron chi connectivity index (χ1n) is 6.41. The summed E-state index contributed by atoms with van der Waals surface area (Å²) in [6.07, 6.45) is 0.804. The van der Waals surface area contributed by atoms with Gasteiger partial charge >= 0.3 is 0 Å². The van der Waals surface area contributed by atoms with Crippen molar-refractivity contribution in [2.24, 2.45) is 11.7 Å². The molecule has 1 amide bonds. The van der Waals surface area contributed by atoms with E-state index in [-0.39, 0.29) is 24.4 Å². The molecule has 0 bridgehead atoms. The molecular weight excluding hydrogens is 264 g/mol. The number of furan rings is 1. The average Bonchev–Trinajstić information content (AvgIpc) is 2.63. The number of nitrogens with two attached hydrogens (primary N) is 1. The summed E-state index contributed by atoms with van der Waals surface area (Å²) >= 11 is 0. The van der Waals surface area contributed by atoms with Gasteiger partial charge in [0.1, 0.15) is 5.76 Å². The van der Waals surface area contributed by atoms with Gasteiger partial charge in [0, 0.05) is 25.2 Å². The molecule has 1 rings (SSSR count). The molecule has 5 heteroatoms. The van der Waals surface area contributed by atoms with Crippen molar-refractivity contribution in [3.05, 3.63) is 23.2 Å². The Kier molecular flexibility index (Phi) is 7.16. The van der Waals surface area contributed by atoms with Crippen molar-refractivity contribution in [2.75, 3.05) is 13.6 Å². The highest BCUT2D eigenvalue weighted by atomic mass is 35.5. The molecule has 19 heavy (non-hydrogen) atoms. The van der Waals surface area contributed by atoms with Crippen LogP contribution in [0.2, 0.25) is 0 Å². The zero-order valence-corrected chi connectivity index (χ0v) is 13.2. The normalized spacial score (nSPS) is 12.2. The minimum Gasteiger partial charge on any atom is -0.456 e. The number of hydrogen-bond donors (Lipinski definition) is 1. The predicted octanol–water partition coefficient (Wildman–Crippen LogP) is 2.76. The predicted molar refractivity (Wildman–Crippen MR) is 79.8 cm³/mol. The number of carbonyl (C=O) groups is 1. The standard InChI is InChI=1S/C14H24N2O2.ClH/c1-9(2)12(15)6-7-16(5)14(17)13-10(3)8-11(4)18-13;/h8-9,12H,6-7,15H2,1-5H3;1H. The van der Waals surface area contributed by atoms with E-state index >= 15 is 0 Å². The number of amides is 1. The lowest BCUT2D eigenvalue weighted by Gasteiger charge is -2.21. The molecule has 1 atom stereocenters. The number of hydrogen-bond acceptors (Lipinski definition) is 3. The number of aryl methyl sites for hydroxylation is 2. The lowest BCUT2D eigenvalue weighted by molar-refractivity contribution is 0.0755. The van der Waals surface area contributed by atoms with Crippen LogP contribution in [0.5, 0.6) is 0 Å². The number of rotatable bonds is 5. The fourth-order valence-electron chi connectivity index (χ4n) is 1.80. The summed E-state index contributed by atoms with van der Waals surface area (Å²) < 4.78 is 5.43. The lowest BCUT2D eigenvalue weighted by Crippen LogP contribution is -2.34. The van der Waals surface area contributed by atoms with Crippen molar-refractivity contribution in [2.45, 2.75) is 40.2 Å². The van der Waals surface area contributed by atoms with Gasteiger partial charge in [-0.25, -0.2) is 0 Å². The molecule has 1 heterocycles. The fourth-order valence-corrected chi connectivity index (χ4v) is 1.80. The van der Waals surface area contributed by atoms with Gasteiger partial charge in [0.2, 0.25) is 0 Å². The van der Waals surface area contributed by atoms with E-state index in [1.807, 2.05) is 19.9 Å². The maximum atomic E-state index is 12.2. The second-order valence-electron chi connectivity index (χ2n) is 5.29. The van der Waals surface area contributed by atoms with Crippen LogP contribution >= 0.6 is 12.4 Å². The van der Waals surface area contributed by atoms with Crippen LogP contribution in [0.3, 0.4) is 0 Å². The lowest BCUT2D eigenvalue weighted by atomic mass is 10.0. The minimum absolute atomic E-state index is 0. The summed E-state index contributed by atoms with van der Waals surface area (Å²) in [6.45, 7) is 8.56. The van der Waals surface area contributed by atoms with Gasteiger partial charge in [0.15, 0.2) is 5.76 Å². The first-order chi connectivity index (χ1) is 8.32. The van der Waals surface area contributed by atoms with Crippen molar-refractivity contribution in [3.8, 4) is 0 Å². The van der Waals surface area contributed by atoms with E-state index in [0.29, 0.717) is 18.2 Å². The summed E-state index contributed by atoms with van der Waals surface area (Å²) in [6, 6.07) is 2.00. The van der Waals surface area contributed by atoms with Gasteiger partial charge in [-0.2, -0.15) is 0 Å². The van der Waals surface area contributed by atoms with E-state index in [1.54, 1.807) is 11.9 Å². The molecule has 1 unspecified atom stereocenters. The van der Waals surface area contributed by atoms with Gasteiger partial charge in [0.25, 0.3) is 5.91 Å². The first kappa shape index (κ1) is 18.0. The number of nitrogens with zero attached hydrogens (tertiary/aromatic N) is 1. The van der Waals surface area contributed by atoms with Crippen LogP contribution in [0.15, 0.2) is 10.5 Å². The maximum Gasteiger partial charge on any atom is 0.289 e. The van der Waals surface area contributed by atoms with Crippen LogP contribution < -0.4 is 5.73 Å². The highest BCUT2D eigenvalue weighted by Gasteiger charge is 2.19. The molecule has 0 spiro atoms. The summed E-state index contributed by atoms with van der Waals surface area (Å²) in [7, 11) is 1.78. The average molecular weight is 289 g/mol. The molecule has 2 N–H and O–H groups in total. The van der Waals surface area contributed by atoms with Crippen molar-refractivity contribution in [1.29, 1.82) is 0 Å². The van der Waals surface area contributed by atoms with Crippen molar-refractivity contribution in [1.82, 2.24) is 4.90 Å². The Balaban J connectivity index is 0.00000324. The highest BCUT2D eigenvalue weighted by molar-refractivity contribution is 5.92. The zero-order valence-electron chi connectivity index (χ0n) is 12.4. The van der Waals surface area contributed by atoms with Gasteiger partial charge in [-0.05, 0) is 32.3 Å². The molecule has 0 aromatic carbocycles. The van der Waals surface area contributed by atoms with E-state index in [2.05, 4.69) is 13.8 Å². The Morgan fingerprint density at radius 1 is 1.42 bits per heavy atom. The van der Waals surface area contributed by atoms with Crippen LogP contribution in [-0.4, -0.2) is 30.4 Å². The van der Waals surface area contributed by atoms with Crippen molar-refractivity contribution in [3.63, 3.8) is 0 Å². The highest BCUT2D eigenvalue weighted by Crippen LogP contribution is 2.16. The Hall–Kier alpha value is -1.00. The summed E-state index contributed by atoms with van der Waals surface area (Å²) in [4.78, 5) is 13.8. The van der Waals surface area contributed by atoms with Crippen molar-refractivity contribution < 1.29 is 9.21 Å². The fraction of sp³-hybridized carbons (Fsp3) is 0.643. The topological polar surface area (TPSA) is 59.5 Å². The van der Waals surface area contributed by atoms with Crippen LogP contribution in [0, 0.1) is 19.8 Å². The first-order valence-corrected chi connectivity index (χ1v) is 6.41. The van der Waals surface area contributed by atoms with Gasteiger partial charge in [-0.15, -0.1) is 12.4 Å². The largest absolute Gasteiger partial charge is 0.456 e. The summed E-state index contributed by atoms with van der Waals surface area (Å²) in [5, 5.41) is 0. The SMILES string of the molecule is Cc1cc(C)c(C(=O)N(C)CCC(N)C(C)C)o1.Cl. The number of carbonyl (C=O) groups excluding carboxylic acids is 1. The molecule has 0 fully saturated rings. The Morgan fingerprint density at radius 3 is 2.42 bits per heavy atom.